The molecule has 2 nitrogen and oxygen atoms in total. The van der Waals surface area contributed by atoms with E-state index in [0.29, 0.717) is 0 Å². The lowest BCUT2D eigenvalue weighted by Crippen LogP contribution is -2.20. The molecule has 0 saturated carbocycles. The van der Waals surface area contributed by atoms with Crippen molar-refractivity contribution in [2.75, 3.05) is 17.3 Å². The topological polar surface area (TPSA) is 20.7 Å². The highest BCUT2D eigenvalue weighted by molar-refractivity contribution is 8.06. The number of aromatic amines is 1. The Morgan fingerprint density at radius 2 is 2.54 bits per heavy atom. The van der Waals surface area contributed by atoms with Crippen molar-refractivity contribution < 1.29 is 0 Å². The summed E-state index contributed by atoms with van der Waals surface area (Å²) in [4.78, 5) is 3.02. The van der Waals surface area contributed by atoms with E-state index in [-0.39, 0.29) is 0 Å². The molecule has 0 spiro atoms. The number of hydrogen-bond donors (Lipinski definition) is 1. The van der Waals surface area contributed by atoms with Crippen LogP contribution < -0.4 is 0 Å². The number of H-pyrrole nitrogens is 1. The second-order valence-corrected chi connectivity index (χ2v) is 5.93. The SMILES string of the molecule is S=c1[nH]ccn1CC1CSCCS1. The minimum absolute atomic E-state index is 0.737. The quantitative estimate of drug-likeness (QED) is 0.791. The first-order chi connectivity index (χ1) is 6.36. The van der Waals surface area contributed by atoms with Crippen LogP contribution in [-0.2, 0) is 6.54 Å². The van der Waals surface area contributed by atoms with E-state index in [2.05, 4.69) is 33.1 Å². The number of thioether (sulfide) groups is 2. The van der Waals surface area contributed by atoms with Crippen LogP contribution in [0.1, 0.15) is 0 Å². The molecular formula is C8H12N2S3. The van der Waals surface area contributed by atoms with Gasteiger partial charge in [0, 0.05) is 41.4 Å². The fourth-order valence-electron chi connectivity index (χ4n) is 1.35. The fourth-order valence-corrected chi connectivity index (χ4v) is 4.22. The lowest BCUT2D eigenvalue weighted by molar-refractivity contribution is 0.685. The van der Waals surface area contributed by atoms with Gasteiger partial charge >= 0.3 is 0 Å². The molecule has 5 heteroatoms. The van der Waals surface area contributed by atoms with Gasteiger partial charge in [-0.2, -0.15) is 23.5 Å². The third-order valence-corrected chi connectivity index (χ3v) is 5.19. The van der Waals surface area contributed by atoms with Crippen LogP contribution in [0.3, 0.4) is 0 Å². The second-order valence-electron chi connectivity index (χ2n) is 2.99. The standard InChI is InChI=1S/C8H12N2S3/c11-8-9-1-2-10(8)5-7-6-12-3-4-13-7/h1-2,7H,3-6H2,(H,9,11). The number of rotatable bonds is 2. The molecule has 1 aromatic rings. The Hall–Kier alpha value is 0.130. The van der Waals surface area contributed by atoms with E-state index in [9.17, 15) is 0 Å². The summed E-state index contributed by atoms with van der Waals surface area (Å²) >= 11 is 9.27. The molecule has 0 bridgehead atoms. The summed E-state index contributed by atoms with van der Waals surface area (Å²) in [6.07, 6.45) is 3.94. The summed E-state index contributed by atoms with van der Waals surface area (Å²) in [5.74, 6) is 3.85. The Morgan fingerprint density at radius 1 is 1.62 bits per heavy atom. The van der Waals surface area contributed by atoms with Gasteiger partial charge in [-0.05, 0) is 12.2 Å². The molecule has 1 N–H and O–H groups in total. The second kappa shape index (κ2) is 4.57. The van der Waals surface area contributed by atoms with Crippen molar-refractivity contribution in [3.8, 4) is 0 Å². The molecule has 0 aliphatic carbocycles. The van der Waals surface area contributed by atoms with Crippen LogP contribution in [0.25, 0.3) is 0 Å². The van der Waals surface area contributed by atoms with Crippen molar-refractivity contribution in [2.24, 2.45) is 0 Å². The van der Waals surface area contributed by atoms with Gasteiger partial charge in [0.1, 0.15) is 0 Å². The van der Waals surface area contributed by atoms with Crippen LogP contribution in [0, 0.1) is 4.77 Å². The summed E-state index contributed by atoms with van der Waals surface area (Å²) in [7, 11) is 0. The van der Waals surface area contributed by atoms with E-state index in [1.165, 1.54) is 17.3 Å². The van der Waals surface area contributed by atoms with Crippen molar-refractivity contribution >= 4 is 35.7 Å². The molecule has 0 radical (unpaired) electrons. The zero-order valence-corrected chi connectivity index (χ0v) is 9.68. The molecule has 1 saturated heterocycles. The summed E-state index contributed by atoms with van der Waals surface area (Å²) in [6, 6.07) is 0. The van der Waals surface area contributed by atoms with Crippen molar-refractivity contribution in [2.45, 2.75) is 11.8 Å². The van der Waals surface area contributed by atoms with E-state index >= 15 is 0 Å². The summed E-state index contributed by atoms with van der Waals surface area (Å²) in [5, 5.41) is 0.737. The highest BCUT2D eigenvalue weighted by Gasteiger charge is 2.14. The van der Waals surface area contributed by atoms with Gasteiger partial charge in [-0.25, -0.2) is 0 Å². The molecule has 13 heavy (non-hydrogen) atoms. The normalized spacial score (nSPS) is 23.2. The molecule has 1 fully saturated rings. The molecule has 0 aromatic carbocycles. The predicted octanol–water partition coefficient (Wildman–Crippen LogP) is 2.39. The Bertz CT molecular complexity index is 311. The highest BCUT2D eigenvalue weighted by Crippen LogP contribution is 2.25. The van der Waals surface area contributed by atoms with E-state index in [0.717, 1.165) is 16.6 Å². The first-order valence-corrected chi connectivity index (χ1v) is 6.90. The molecule has 0 amide bonds. The largest absolute Gasteiger partial charge is 0.337 e. The van der Waals surface area contributed by atoms with Crippen LogP contribution in [-0.4, -0.2) is 32.1 Å². The monoisotopic (exact) mass is 232 g/mol. The van der Waals surface area contributed by atoms with Crippen LogP contribution in [0.4, 0.5) is 0 Å². The van der Waals surface area contributed by atoms with Gasteiger partial charge in [-0.15, -0.1) is 0 Å². The van der Waals surface area contributed by atoms with E-state index < -0.39 is 0 Å². The van der Waals surface area contributed by atoms with Crippen molar-refractivity contribution in [3.63, 3.8) is 0 Å². The maximum Gasteiger partial charge on any atom is 0.177 e. The van der Waals surface area contributed by atoms with E-state index in [1.54, 1.807) is 0 Å². The molecule has 1 unspecified atom stereocenters. The van der Waals surface area contributed by atoms with Gasteiger partial charge < -0.3 is 9.55 Å². The predicted molar refractivity (Wildman–Crippen MR) is 63.2 cm³/mol. The number of nitrogens with zero attached hydrogens (tertiary/aromatic N) is 1. The maximum absolute atomic E-state index is 5.15. The highest BCUT2D eigenvalue weighted by atomic mass is 32.2. The number of imidazole rings is 1. The van der Waals surface area contributed by atoms with Crippen molar-refractivity contribution in [1.82, 2.24) is 9.55 Å². The lowest BCUT2D eigenvalue weighted by atomic mass is 10.4. The molecule has 1 aromatic heterocycles. The molecule has 2 heterocycles. The van der Waals surface area contributed by atoms with Crippen molar-refractivity contribution in [3.05, 3.63) is 17.2 Å². The Balaban J connectivity index is 1.97. The van der Waals surface area contributed by atoms with Crippen LogP contribution in [0.2, 0.25) is 0 Å². The van der Waals surface area contributed by atoms with Gasteiger partial charge in [0.15, 0.2) is 4.77 Å². The zero-order chi connectivity index (χ0) is 9.10. The summed E-state index contributed by atoms with van der Waals surface area (Å²) < 4.78 is 2.97. The minimum atomic E-state index is 0.737. The van der Waals surface area contributed by atoms with Crippen LogP contribution in [0.5, 0.6) is 0 Å². The molecule has 1 aliphatic rings. The number of aromatic nitrogens is 2. The van der Waals surface area contributed by atoms with Crippen LogP contribution >= 0.6 is 35.7 Å². The molecular weight excluding hydrogens is 220 g/mol. The molecule has 2 rings (SSSR count). The van der Waals surface area contributed by atoms with Gasteiger partial charge in [0.2, 0.25) is 0 Å². The van der Waals surface area contributed by atoms with E-state index in [4.69, 9.17) is 12.2 Å². The average Bonchev–Trinajstić information content (AvgIpc) is 2.54. The number of hydrogen-bond acceptors (Lipinski definition) is 3. The fraction of sp³-hybridized carbons (Fsp3) is 0.625. The average molecular weight is 232 g/mol. The smallest absolute Gasteiger partial charge is 0.177 e. The first kappa shape index (κ1) is 9.68. The Kier molecular flexibility index (Phi) is 3.40. The lowest BCUT2D eigenvalue weighted by Gasteiger charge is -2.20. The third kappa shape index (κ3) is 2.54. The van der Waals surface area contributed by atoms with Gasteiger partial charge in [0.25, 0.3) is 0 Å². The molecule has 1 aliphatic heterocycles. The minimum Gasteiger partial charge on any atom is -0.337 e. The molecule has 72 valence electrons. The van der Waals surface area contributed by atoms with Gasteiger partial charge in [-0.3, -0.25) is 0 Å². The van der Waals surface area contributed by atoms with Gasteiger partial charge in [-0.1, -0.05) is 0 Å². The first-order valence-electron chi connectivity index (χ1n) is 4.29. The summed E-state index contributed by atoms with van der Waals surface area (Å²) in [6.45, 7) is 1.06. The van der Waals surface area contributed by atoms with Crippen LogP contribution in [0.15, 0.2) is 12.4 Å². The van der Waals surface area contributed by atoms with Gasteiger partial charge in [0.05, 0.1) is 0 Å². The summed E-state index contributed by atoms with van der Waals surface area (Å²) in [5.41, 5.74) is 0. The molecule has 1 atom stereocenters. The Labute approximate surface area is 91.5 Å². The zero-order valence-electron chi connectivity index (χ0n) is 7.23. The van der Waals surface area contributed by atoms with Crippen molar-refractivity contribution in [1.29, 1.82) is 0 Å². The third-order valence-electron chi connectivity index (χ3n) is 2.01. The Morgan fingerprint density at radius 3 is 3.15 bits per heavy atom. The maximum atomic E-state index is 5.15. The van der Waals surface area contributed by atoms with E-state index in [1.807, 2.05) is 12.4 Å². The number of nitrogens with one attached hydrogen (secondary N) is 1.